The smallest absolute Gasteiger partial charge is 0.265 e. The van der Waals surface area contributed by atoms with Gasteiger partial charge in [0.05, 0.1) is 6.20 Å². The van der Waals surface area contributed by atoms with E-state index in [1.165, 1.54) is 6.20 Å². The maximum atomic E-state index is 11.9. The monoisotopic (exact) mass is 257 g/mol. The number of nitrogens with one attached hydrogen (secondary N) is 1. The fraction of sp³-hybridized carbons (Fsp3) is 0.429. The van der Waals surface area contributed by atoms with Gasteiger partial charge in [-0.15, -0.1) is 0 Å². The van der Waals surface area contributed by atoms with E-state index in [2.05, 4.69) is 15.3 Å². The Labute approximate surface area is 94.2 Å². The van der Waals surface area contributed by atoms with Crippen LogP contribution < -0.4 is 5.32 Å². The van der Waals surface area contributed by atoms with Crippen molar-refractivity contribution in [3.63, 3.8) is 0 Å². The lowest BCUT2D eigenvalue weighted by Gasteiger charge is -2.11. The van der Waals surface area contributed by atoms with E-state index in [0.717, 1.165) is 0 Å². The maximum absolute atomic E-state index is 11.9. The number of anilines is 1. The summed E-state index contributed by atoms with van der Waals surface area (Å²) in [6.45, 7) is -0.370. The molecule has 1 heterocycles. The minimum atomic E-state index is -2.83. The summed E-state index contributed by atoms with van der Waals surface area (Å²) >= 11 is 11.1. The van der Waals surface area contributed by atoms with E-state index in [9.17, 15) is 8.78 Å². The lowest BCUT2D eigenvalue weighted by molar-refractivity contribution is 0.00381. The number of aromatic nitrogens is 2. The molecule has 1 unspecified atom stereocenters. The first-order chi connectivity index (χ1) is 7.00. The van der Waals surface area contributed by atoms with E-state index < -0.39 is 12.5 Å². The molecule has 2 N–H and O–H groups in total. The lowest BCUT2D eigenvalue weighted by atomic mass is 10.3. The molecule has 4 nitrogen and oxygen atoms in total. The molecule has 15 heavy (non-hydrogen) atoms. The number of halogens is 4. The predicted molar refractivity (Wildman–Crippen MR) is 52.6 cm³/mol. The Morgan fingerprint density at radius 2 is 2.13 bits per heavy atom. The van der Waals surface area contributed by atoms with Crippen LogP contribution in [0.4, 0.5) is 14.6 Å². The number of rotatable bonds is 4. The zero-order valence-electron chi connectivity index (χ0n) is 7.29. The minimum absolute atomic E-state index is 0.0616. The van der Waals surface area contributed by atoms with Crippen molar-refractivity contribution in [2.75, 3.05) is 11.9 Å². The van der Waals surface area contributed by atoms with Gasteiger partial charge in [0.25, 0.3) is 6.43 Å². The molecule has 0 spiro atoms. The first-order valence-electron chi connectivity index (χ1n) is 3.89. The fourth-order valence-electron chi connectivity index (χ4n) is 0.760. The molecule has 84 valence electrons. The van der Waals surface area contributed by atoms with Gasteiger partial charge in [0.2, 0.25) is 5.28 Å². The average molecular weight is 258 g/mol. The molecule has 0 aliphatic rings. The van der Waals surface area contributed by atoms with E-state index in [0.29, 0.717) is 0 Å². The van der Waals surface area contributed by atoms with Gasteiger partial charge in [-0.2, -0.15) is 4.98 Å². The van der Waals surface area contributed by atoms with Crippen LogP contribution in [0.15, 0.2) is 6.20 Å². The van der Waals surface area contributed by atoms with Gasteiger partial charge in [-0.3, -0.25) is 0 Å². The highest BCUT2D eigenvalue weighted by Gasteiger charge is 2.17. The third kappa shape index (κ3) is 3.73. The molecule has 0 aliphatic heterocycles. The van der Waals surface area contributed by atoms with Crippen LogP contribution >= 0.6 is 23.2 Å². The standard InChI is InChI=1S/C7H7Cl2F2N3O/c8-3-1-13-7(9)14-6(3)12-2-4(15)5(10)11/h1,4-5,15H,2H2,(H,12,13,14). The summed E-state index contributed by atoms with van der Waals surface area (Å²) in [7, 11) is 0. The molecule has 1 aromatic heterocycles. The Bertz CT molecular complexity index is 340. The summed E-state index contributed by atoms with van der Waals surface area (Å²) in [6.07, 6.45) is -3.38. The SMILES string of the molecule is OC(CNc1nc(Cl)ncc1Cl)C(F)F. The Morgan fingerprint density at radius 1 is 1.47 bits per heavy atom. The largest absolute Gasteiger partial charge is 0.385 e. The molecular weight excluding hydrogens is 251 g/mol. The highest BCUT2D eigenvalue weighted by Crippen LogP contribution is 2.19. The average Bonchev–Trinajstić information content (AvgIpc) is 2.18. The van der Waals surface area contributed by atoms with Crippen molar-refractivity contribution < 1.29 is 13.9 Å². The van der Waals surface area contributed by atoms with Gasteiger partial charge in [0.1, 0.15) is 16.9 Å². The first kappa shape index (κ1) is 12.4. The predicted octanol–water partition coefficient (Wildman–Crippen LogP) is 1.82. The summed E-state index contributed by atoms with van der Waals surface area (Å²) in [4.78, 5) is 7.23. The second-order valence-corrected chi connectivity index (χ2v) is 3.36. The molecular formula is C7H7Cl2F2N3O. The third-order valence-corrected chi connectivity index (χ3v) is 1.94. The first-order valence-corrected chi connectivity index (χ1v) is 4.64. The molecule has 0 saturated carbocycles. The van der Waals surface area contributed by atoms with Gasteiger partial charge in [-0.05, 0) is 11.6 Å². The molecule has 1 rings (SSSR count). The van der Waals surface area contributed by atoms with Gasteiger partial charge in [-0.25, -0.2) is 13.8 Å². The Balaban J connectivity index is 2.61. The molecule has 1 aromatic rings. The van der Waals surface area contributed by atoms with Crippen molar-refractivity contribution in [2.24, 2.45) is 0 Å². The molecule has 0 aliphatic carbocycles. The van der Waals surface area contributed by atoms with Crippen LogP contribution in [-0.4, -0.2) is 34.1 Å². The number of alkyl halides is 2. The van der Waals surface area contributed by atoms with E-state index in [1.54, 1.807) is 0 Å². The zero-order valence-corrected chi connectivity index (χ0v) is 8.80. The summed E-state index contributed by atoms with van der Waals surface area (Å²) in [5, 5.41) is 11.3. The number of nitrogens with zero attached hydrogens (tertiary/aromatic N) is 2. The molecule has 0 bridgehead atoms. The van der Waals surface area contributed by atoms with E-state index in [1.807, 2.05) is 0 Å². The summed E-state index contributed by atoms with van der Waals surface area (Å²) in [5.41, 5.74) is 0. The van der Waals surface area contributed by atoms with Gasteiger partial charge < -0.3 is 10.4 Å². The Kier molecular flexibility index (Phi) is 4.44. The van der Waals surface area contributed by atoms with Crippen molar-refractivity contribution in [1.29, 1.82) is 0 Å². The van der Waals surface area contributed by atoms with Gasteiger partial charge in [0, 0.05) is 6.54 Å². The normalized spacial score (nSPS) is 12.9. The van der Waals surface area contributed by atoms with Crippen LogP contribution in [0.2, 0.25) is 10.3 Å². The number of hydrogen-bond donors (Lipinski definition) is 2. The van der Waals surface area contributed by atoms with Crippen molar-refractivity contribution >= 4 is 29.0 Å². The Hall–Kier alpha value is -0.720. The summed E-state index contributed by atoms with van der Waals surface area (Å²) < 4.78 is 23.9. The molecule has 0 fully saturated rings. The second-order valence-electron chi connectivity index (χ2n) is 2.62. The van der Waals surface area contributed by atoms with Crippen LogP contribution in [0.5, 0.6) is 0 Å². The van der Waals surface area contributed by atoms with Gasteiger partial charge >= 0.3 is 0 Å². The van der Waals surface area contributed by atoms with Gasteiger partial charge in [0.15, 0.2) is 0 Å². The molecule has 1 atom stereocenters. The summed E-state index contributed by atoms with van der Waals surface area (Å²) in [5.74, 6) is 0.108. The highest BCUT2D eigenvalue weighted by atomic mass is 35.5. The van der Waals surface area contributed by atoms with Crippen LogP contribution in [-0.2, 0) is 0 Å². The highest BCUT2D eigenvalue weighted by molar-refractivity contribution is 6.33. The van der Waals surface area contributed by atoms with E-state index in [4.69, 9.17) is 28.3 Å². The van der Waals surface area contributed by atoms with E-state index >= 15 is 0 Å². The number of hydrogen-bond acceptors (Lipinski definition) is 4. The van der Waals surface area contributed by atoms with Crippen molar-refractivity contribution in [1.82, 2.24) is 9.97 Å². The second kappa shape index (κ2) is 5.39. The van der Waals surface area contributed by atoms with Crippen molar-refractivity contribution in [3.8, 4) is 0 Å². The van der Waals surface area contributed by atoms with Crippen LogP contribution in [0.3, 0.4) is 0 Å². The summed E-state index contributed by atoms with van der Waals surface area (Å²) in [6, 6.07) is 0. The van der Waals surface area contributed by atoms with Crippen LogP contribution in [0, 0.1) is 0 Å². The molecule has 0 aromatic carbocycles. The maximum Gasteiger partial charge on any atom is 0.265 e. The Morgan fingerprint density at radius 3 is 2.73 bits per heavy atom. The van der Waals surface area contributed by atoms with Crippen molar-refractivity contribution in [3.05, 3.63) is 16.5 Å². The van der Waals surface area contributed by atoms with E-state index in [-0.39, 0.29) is 22.7 Å². The zero-order chi connectivity index (χ0) is 11.4. The number of aliphatic hydroxyl groups excluding tert-OH is 1. The molecule has 0 amide bonds. The molecule has 0 saturated heterocycles. The third-order valence-electron chi connectivity index (χ3n) is 1.48. The number of aliphatic hydroxyl groups is 1. The van der Waals surface area contributed by atoms with Gasteiger partial charge in [-0.1, -0.05) is 11.6 Å². The van der Waals surface area contributed by atoms with Crippen LogP contribution in [0.1, 0.15) is 0 Å². The fourth-order valence-corrected chi connectivity index (χ4v) is 1.05. The topological polar surface area (TPSA) is 58.0 Å². The minimum Gasteiger partial charge on any atom is -0.385 e. The quantitative estimate of drug-likeness (QED) is 0.809. The molecule has 8 heteroatoms. The lowest BCUT2D eigenvalue weighted by Crippen LogP contribution is -2.27. The molecule has 0 radical (unpaired) electrons. The van der Waals surface area contributed by atoms with Crippen LogP contribution in [0.25, 0.3) is 0 Å². The van der Waals surface area contributed by atoms with Crippen molar-refractivity contribution in [2.45, 2.75) is 12.5 Å².